The van der Waals surface area contributed by atoms with Crippen LogP contribution in [0, 0.1) is 0 Å². The molecule has 0 bridgehead atoms. The topological polar surface area (TPSA) is 72.3 Å². The fourth-order valence-electron chi connectivity index (χ4n) is 2.20. The minimum Gasteiger partial charge on any atom is -0.399 e. The lowest BCUT2D eigenvalue weighted by atomic mass is 10.1. The zero-order valence-electron chi connectivity index (χ0n) is 11.8. The van der Waals surface area contributed by atoms with Gasteiger partial charge >= 0.3 is 0 Å². The molecule has 4 nitrogen and oxygen atoms in total. The number of nitrogens with two attached hydrogens (primary N) is 2. The van der Waals surface area contributed by atoms with Gasteiger partial charge in [0.05, 0.1) is 5.69 Å². The maximum atomic E-state index is 11.2. The van der Waals surface area contributed by atoms with Gasteiger partial charge in [-0.15, -0.1) is 0 Å². The molecule has 0 aliphatic rings. The van der Waals surface area contributed by atoms with E-state index >= 15 is 0 Å². The van der Waals surface area contributed by atoms with Gasteiger partial charge < -0.3 is 16.4 Å². The summed E-state index contributed by atoms with van der Waals surface area (Å²) in [5.41, 5.74) is 14.5. The maximum Gasteiger partial charge on any atom is 0.248 e. The fraction of sp³-hybridized carbons (Fsp3) is 0.188. The normalized spacial score (nSPS) is 10.4. The number of amides is 1. The molecule has 0 unspecified atom stereocenters. The Labute approximate surface area is 132 Å². The van der Waals surface area contributed by atoms with Crippen LogP contribution in [0.15, 0.2) is 46.9 Å². The van der Waals surface area contributed by atoms with Crippen molar-refractivity contribution in [1.82, 2.24) is 0 Å². The van der Waals surface area contributed by atoms with Crippen LogP contribution in [0.2, 0.25) is 0 Å². The largest absolute Gasteiger partial charge is 0.399 e. The number of benzene rings is 2. The molecule has 0 fully saturated rings. The smallest absolute Gasteiger partial charge is 0.248 e. The zero-order valence-corrected chi connectivity index (χ0v) is 13.4. The number of primary amides is 1. The molecular weight excluding hydrogens is 330 g/mol. The highest BCUT2D eigenvalue weighted by Crippen LogP contribution is 2.28. The summed E-state index contributed by atoms with van der Waals surface area (Å²) in [5.74, 6) is -0.430. The van der Waals surface area contributed by atoms with Crippen molar-refractivity contribution in [2.75, 3.05) is 17.2 Å². The first-order chi connectivity index (χ1) is 10.0. The summed E-state index contributed by atoms with van der Waals surface area (Å²) in [6, 6.07) is 13.2. The van der Waals surface area contributed by atoms with Crippen molar-refractivity contribution in [3.05, 3.63) is 58.1 Å². The molecule has 0 radical (unpaired) electrons. The summed E-state index contributed by atoms with van der Waals surface area (Å²) in [6.45, 7) is 3.67. The number of carbonyl (C=O) groups is 1. The van der Waals surface area contributed by atoms with Gasteiger partial charge in [0.15, 0.2) is 0 Å². The van der Waals surface area contributed by atoms with E-state index in [4.69, 9.17) is 11.5 Å². The van der Waals surface area contributed by atoms with Gasteiger partial charge in [-0.1, -0.05) is 12.1 Å². The number of hydrogen-bond acceptors (Lipinski definition) is 3. The molecule has 2 rings (SSSR count). The zero-order chi connectivity index (χ0) is 15.4. The minimum absolute atomic E-state index is 0.430. The second kappa shape index (κ2) is 6.63. The summed E-state index contributed by atoms with van der Waals surface area (Å²) < 4.78 is 0.851. The number of carbonyl (C=O) groups excluding carboxylic acids is 1. The van der Waals surface area contributed by atoms with Crippen molar-refractivity contribution in [3.63, 3.8) is 0 Å². The Morgan fingerprint density at radius 1 is 1.24 bits per heavy atom. The van der Waals surface area contributed by atoms with E-state index in [2.05, 4.69) is 27.8 Å². The summed E-state index contributed by atoms with van der Waals surface area (Å²) in [6.07, 6.45) is 0. The third-order valence-corrected chi connectivity index (χ3v) is 3.91. The highest BCUT2D eigenvalue weighted by Gasteiger charge is 2.11. The van der Waals surface area contributed by atoms with Gasteiger partial charge in [-0.3, -0.25) is 4.79 Å². The molecule has 4 N–H and O–H groups in total. The Hall–Kier alpha value is -2.01. The lowest BCUT2D eigenvalue weighted by Crippen LogP contribution is -2.22. The quantitative estimate of drug-likeness (QED) is 0.816. The minimum atomic E-state index is -0.430. The van der Waals surface area contributed by atoms with E-state index < -0.39 is 5.91 Å². The molecule has 0 heterocycles. The summed E-state index contributed by atoms with van der Waals surface area (Å²) in [7, 11) is 0. The molecule has 0 atom stereocenters. The first-order valence-electron chi connectivity index (χ1n) is 6.70. The third kappa shape index (κ3) is 3.76. The van der Waals surface area contributed by atoms with Crippen molar-refractivity contribution in [1.29, 1.82) is 0 Å². The van der Waals surface area contributed by atoms with E-state index in [1.54, 1.807) is 12.1 Å². The number of halogens is 1. The molecule has 1 amide bonds. The van der Waals surface area contributed by atoms with Gasteiger partial charge in [0.2, 0.25) is 5.91 Å². The third-order valence-electron chi connectivity index (χ3n) is 3.28. The van der Waals surface area contributed by atoms with Crippen molar-refractivity contribution < 1.29 is 4.79 Å². The highest BCUT2D eigenvalue weighted by molar-refractivity contribution is 9.10. The van der Waals surface area contributed by atoms with Gasteiger partial charge in [0, 0.05) is 28.8 Å². The van der Waals surface area contributed by atoms with Crippen molar-refractivity contribution in [3.8, 4) is 0 Å². The maximum absolute atomic E-state index is 11.2. The van der Waals surface area contributed by atoms with Crippen molar-refractivity contribution >= 4 is 33.2 Å². The Bertz CT molecular complexity index is 658. The monoisotopic (exact) mass is 347 g/mol. The Kier molecular flexibility index (Phi) is 4.85. The van der Waals surface area contributed by atoms with Gasteiger partial charge in [-0.25, -0.2) is 0 Å². The molecular formula is C16H18BrN3O. The lowest BCUT2D eigenvalue weighted by Gasteiger charge is -2.25. The van der Waals surface area contributed by atoms with E-state index in [-0.39, 0.29) is 0 Å². The van der Waals surface area contributed by atoms with E-state index in [0.717, 1.165) is 34.5 Å². The molecule has 0 spiro atoms. The lowest BCUT2D eigenvalue weighted by molar-refractivity contribution is 0.100. The fourth-order valence-corrected chi connectivity index (χ4v) is 2.83. The van der Waals surface area contributed by atoms with Crippen LogP contribution < -0.4 is 16.4 Å². The molecule has 0 aliphatic heterocycles. The molecule has 5 heteroatoms. The van der Waals surface area contributed by atoms with Crippen LogP contribution in [-0.4, -0.2) is 12.5 Å². The summed E-state index contributed by atoms with van der Waals surface area (Å²) >= 11 is 3.51. The van der Waals surface area contributed by atoms with E-state index in [1.165, 1.54) is 0 Å². The van der Waals surface area contributed by atoms with Gasteiger partial charge in [0.25, 0.3) is 0 Å². The van der Waals surface area contributed by atoms with Gasteiger partial charge in [-0.2, -0.15) is 0 Å². The molecule has 0 saturated heterocycles. The Morgan fingerprint density at radius 2 is 2.00 bits per heavy atom. The van der Waals surface area contributed by atoms with Crippen molar-refractivity contribution in [2.45, 2.75) is 13.5 Å². The predicted molar refractivity (Wildman–Crippen MR) is 90.2 cm³/mol. The molecule has 0 aromatic heterocycles. The summed E-state index contributed by atoms with van der Waals surface area (Å²) in [4.78, 5) is 13.4. The van der Waals surface area contributed by atoms with Gasteiger partial charge in [0.1, 0.15) is 0 Å². The van der Waals surface area contributed by atoms with Crippen LogP contribution >= 0.6 is 15.9 Å². The van der Waals surface area contributed by atoms with Crippen LogP contribution in [0.3, 0.4) is 0 Å². The second-order valence-electron chi connectivity index (χ2n) is 4.79. The van der Waals surface area contributed by atoms with Crippen molar-refractivity contribution in [2.24, 2.45) is 5.73 Å². The molecule has 0 aliphatic carbocycles. The molecule has 110 valence electrons. The first-order valence-corrected chi connectivity index (χ1v) is 7.49. The van der Waals surface area contributed by atoms with Gasteiger partial charge in [-0.05, 0) is 58.7 Å². The Balaban J connectivity index is 2.27. The van der Waals surface area contributed by atoms with Crippen LogP contribution in [0.25, 0.3) is 0 Å². The number of nitrogens with zero attached hydrogens (tertiary/aromatic N) is 1. The standard InChI is InChI=1S/C16H18BrN3O/c1-2-20(10-11-4-3-5-13(18)8-11)15-7-6-12(16(19)21)9-14(15)17/h3-9H,2,10,18H2,1H3,(H2,19,21). The SMILES string of the molecule is CCN(Cc1cccc(N)c1)c1ccc(C(N)=O)cc1Br. The summed E-state index contributed by atoms with van der Waals surface area (Å²) in [5, 5.41) is 0. The van der Waals surface area contributed by atoms with E-state index in [9.17, 15) is 4.79 Å². The number of nitrogen functional groups attached to an aromatic ring is 1. The van der Waals surface area contributed by atoms with Crippen LogP contribution in [0.1, 0.15) is 22.8 Å². The predicted octanol–water partition coefficient (Wildman–Crippen LogP) is 3.16. The molecule has 2 aromatic rings. The van der Waals surface area contributed by atoms with Crippen LogP contribution in [0.4, 0.5) is 11.4 Å². The molecule has 2 aromatic carbocycles. The Morgan fingerprint density at radius 3 is 2.57 bits per heavy atom. The average Bonchev–Trinajstić information content (AvgIpc) is 2.45. The molecule has 0 saturated carbocycles. The number of anilines is 2. The van der Waals surface area contributed by atoms with E-state index in [0.29, 0.717) is 5.56 Å². The number of hydrogen-bond donors (Lipinski definition) is 2. The highest BCUT2D eigenvalue weighted by atomic mass is 79.9. The molecule has 21 heavy (non-hydrogen) atoms. The second-order valence-corrected chi connectivity index (χ2v) is 5.64. The average molecular weight is 348 g/mol. The first kappa shape index (κ1) is 15.4. The van der Waals surface area contributed by atoms with Crippen LogP contribution in [-0.2, 0) is 6.54 Å². The van der Waals surface area contributed by atoms with Crippen LogP contribution in [0.5, 0.6) is 0 Å². The van der Waals surface area contributed by atoms with E-state index in [1.807, 2.05) is 30.3 Å². The number of rotatable bonds is 5.